The van der Waals surface area contributed by atoms with Crippen molar-refractivity contribution >= 4 is 34.5 Å². The summed E-state index contributed by atoms with van der Waals surface area (Å²) in [5.74, 6) is -2.16. The molecule has 0 saturated heterocycles. The van der Waals surface area contributed by atoms with Gasteiger partial charge >= 0.3 is 5.97 Å². The molecule has 3 N–H and O–H groups in total. The van der Waals surface area contributed by atoms with Crippen LogP contribution in [0.25, 0.3) is 16.6 Å². The van der Waals surface area contributed by atoms with E-state index in [-0.39, 0.29) is 17.3 Å². The lowest BCUT2D eigenvalue weighted by atomic mass is 10.1. The number of carbonyl (C=O) groups is 2. The average Bonchev–Trinajstić information content (AvgIpc) is 3.39. The molecule has 0 aliphatic rings. The van der Waals surface area contributed by atoms with Crippen LogP contribution in [-0.2, 0) is 16.0 Å². The first-order valence-electron chi connectivity index (χ1n) is 9.25. The van der Waals surface area contributed by atoms with Gasteiger partial charge in [0.15, 0.2) is 0 Å². The van der Waals surface area contributed by atoms with Crippen molar-refractivity contribution in [1.82, 2.24) is 30.5 Å². The molecule has 0 unspecified atom stereocenters. The third-order valence-corrected chi connectivity index (χ3v) is 5.48. The molecule has 1 amide bonds. The summed E-state index contributed by atoms with van der Waals surface area (Å²) in [5.41, 5.74) is 2.11. The molecular formula is C20H17FN6O3S. The van der Waals surface area contributed by atoms with E-state index in [0.29, 0.717) is 5.69 Å². The van der Waals surface area contributed by atoms with E-state index < -0.39 is 23.7 Å². The number of aromatic nitrogens is 5. The summed E-state index contributed by atoms with van der Waals surface area (Å²) in [6, 6.07) is 12.2. The number of hydrogen-bond acceptors (Lipinski definition) is 6. The van der Waals surface area contributed by atoms with E-state index in [4.69, 9.17) is 0 Å². The van der Waals surface area contributed by atoms with Gasteiger partial charge in [0.05, 0.1) is 11.4 Å². The van der Waals surface area contributed by atoms with Crippen LogP contribution in [0.2, 0.25) is 0 Å². The van der Waals surface area contributed by atoms with Crippen LogP contribution in [0.15, 0.2) is 59.9 Å². The number of carboxylic acids is 1. The highest BCUT2D eigenvalue weighted by Crippen LogP contribution is 2.20. The molecule has 1 atom stereocenters. The molecule has 2 heterocycles. The molecule has 4 aromatic rings. The maximum Gasteiger partial charge on any atom is 0.326 e. The van der Waals surface area contributed by atoms with Gasteiger partial charge in [-0.2, -0.15) is 4.68 Å². The lowest BCUT2D eigenvalue weighted by molar-refractivity contribution is -0.141. The first-order chi connectivity index (χ1) is 15.0. The van der Waals surface area contributed by atoms with Crippen LogP contribution in [0.5, 0.6) is 0 Å². The molecule has 0 radical (unpaired) electrons. The van der Waals surface area contributed by atoms with E-state index in [1.807, 2.05) is 24.3 Å². The van der Waals surface area contributed by atoms with Gasteiger partial charge in [-0.25, -0.2) is 9.18 Å². The highest BCUT2D eigenvalue weighted by molar-refractivity contribution is 7.99. The third-order valence-electron chi connectivity index (χ3n) is 4.56. The number of H-pyrrole nitrogens is 1. The van der Waals surface area contributed by atoms with Crippen molar-refractivity contribution in [3.05, 3.63) is 66.1 Å². The molecule has 31 heavy (non-hydrogen) atoms. The van der Waals surface area contributed by atoms with E-state index in [0.717, 1.165) is 28.2 Å². The van der Waals surface area contributed by atoms with Gasteiger partial charge in [0.25, 0.3) is 0 Å². The van der Waals surface area contributed by atoms with Crippen LogP contribution >= 0.6 is 11.8 Å². The second kappa shape index (κ2) is 8.96. The predicted molar refractivity (Wildman–Crippen MR) is 111 cm³/mol. The number of nitrogens with one attached hydrogen (secondary N) is 2. The average molecular weight is 440 g/mol. The molecule has 11 heteroatoms. The predicted octanol–water partition coefficient (Wildman–Crippen LogP) is 2.19. The van der Waals surface area contributed by atoms with E-state index in [9.17, 15) is 19.1 Å². The topological polar surface area (TPSA) is 126 Å². The summed E-state index contributed by atoms with van der Waals surface area (Å²) in [4.78, 5) is 27.2. The molecule has 0 saturated carbocycles. The van der Waals surface area contributed by atoms with Gasteiger partial charge in [0, 0.05) is 23.5 Å². The van der Waals surface area contributed by atoms with E-state index in [1.165, 1.54) is 22.9 Å². The Labute approximate surface area is 179 Å². The van der Waals surface area contributed by atoms with Crippen molar-refractivity contribution < 1.29 is 19.1 Å². The van der Waals surface area contributed by atoms with Gasteiger partial charge in [-0.15, -0.1) is 5.10 Å². The Morgan fingerprint density at radius 2 is 2.06 bits per heavy atom. The van der Waals surface area contributed by atoms with Crippen LogP contribution in [0, 0.1) is 5.82 Å². The Balaban J connectivity index is 1.41. The molecule has 9 nitrogen and oxygen atoms in total. The summed E-state index contributed by atoms with van der Waals surface area (Å²) >= 11 is 1.02. The highest BCUT2D eigenvalue weighted by Gasteiger charge is 2.22. The number of carbonyl (C=O) groups excluding carboxylic acids is 1. The number of halogens is 1. The number of aliphatic carboxylic acids is 1. The Morgan fingerprint density at radius 3 is 2.87 bits per heavy atom. The Kier molecular flexibility index (Phi) is 5.94. The monoisotopic (exact) mass is 440 g/mol. The minimum atomic E-state index is -1.13. The summed E-state index contributed by atoms with van der Waals surface area (Å²) in [5, 5.41) is 24.5. The normalized spacial score (nSPS) is 12.0. The number of carboxylic acid groups (broad SMARTS) is 1. The largest absolute Gasteiger partial charge is 0.480 e. The van der Waals surface area contributed by atoms with Gasteiger partial charge < -0.3 is 15.4 Å². The second-order valence-electron chi connectivity index (χ2n) is 6.66. The number of amides is 1. The number of thioether (sulfide) groups is 1. The molecule has 158 valence electrons. The fraction of sp³-hybridized carbons (Fsp3) is 0.150. The minimum absolute atomic E-state index is 0.104. The standard InChI is InChI=1S/C20H17FN6O3S/c21-13-4-3-5-14(9-13)27-20(24-25-26-27)31-11-18(28)23-17(19(29)30)8-12-10-22-16-7-2-1-6-15(12)16/h1-7,9-10,17,22H,8,11H2,(H,23,28)(H,29,30)/t17-/m0/s1. The molecule has 2 aromatic heterocycles. The maximum atomic E-state index is 13.5. The van der Waals surface area contributed by atoms with Crippen molar-refractivity contribution in [2.24, 2.45) is 0 Å². The number of rotatable bonds is 8. The van der Waals surface area contributed by atoms with Gasteiger partial charge in [0.2, 0.25) is 11.1 Å². The molecule has 2 aromatic carbocycles. The number of aromatic amines is 1. The zero-order valence-electron chi connectivity index (χ0n) is 16.0. The number of hydrogen-bond donors (Lipinski definition) is 3. The van der Waals surface area contributed by atoms with Gasteiger partial charge in [-0.1, -0.05) is 36.0 Å². The number of nitrogens with zero attached hydrogens (tertiary/aromatic N) is 4. The molecule has 4 rings (SSSR count). The first kappa shape index (κ1) is 20.5. The molecule has 0 fully saturated rings. The zero-order valence-corrected chi connectivity index (χ0v) is 16.8. The van der Waals surface area contributed by atoms with Crippen molar-refractivity contribution in [3.63, 3.8) is 0 Å². The summed E-state index contributed by atoms with van der Waals surface area (Å²) in [6.45, 7) is 0. The third kappa shape index (κ3) is 4.72. The number of fused-ring (bicyclic) bond motifs is 1. The Bertz CT molecular complexity index is 1240. The first-order valence-corrected chi connectivity index (χ1v) is 10.2. The van der Waals surface area contributed by atoms with Gasteiger partial charge in [0.1, 0.15) is 11.9 Å². The second-order valence-corrected chi connectivity index (χ2v) is 7.61. The maximum absolute atomic E-state index is 13.5. The Morgan fingerprint density at radius 1 is 1.23 bits per heavy atom. The van der Waals surface area contributed by atoms with E-state index in [2.05, 4.69) is 25.8 Å². The van der Waals surface area contributed by atoms with Crippen LogP contribution in [-0.4, -0.2) is 54.0 Å². The summed E-state index contributed by atoms with van der Waals surface area (Å²) in [7, 11) is 0. The molecule has 0 bridgehead atoms. The lowest BCUT2D eigenvalue weighted by Crippen LogP contribution is -2.43. The SMILES string of the molecule is O=C(CSc1nnnn1-c1cccc(F)c1)N[C@@H](Cc1c[nH]c2ccccc12)C(=O)O. The summed E-state index contributed by atoms with van der Waals surface area (Å²) < 4.78 is 14.8. The van der Waals surface area contributed by atoms with Crippen molar-refractivity contribution in [1.29, 1.82) is 0 Å². The van der Waals surface area contributed by atoms with Crippen molar-refractivity contribution in [2.45, 2.75) is 17.6 Å². The van der Waals surface area contributed by atoms with Gasteiger partial charge in [-0.3, -0.25) is 4.79 Å². The smallest absolute Gasteiger partial charge is 0.326 e. The highest BCUT2D eigenvalue weighted by atomic mass is 32.2. The Hall–Kier alpha value is -3.73. The van der Waals surface area contributed by atoms with Crippen molar-refractivity contribution in [3.8, 4) is 5.69 Å². The van der Waals surface area contributed by atoms with Gasteiger partial charge in [-0.05, 0) is 40.3 Å². The number of tetrazole rings is 1. The minimum Gasteiger partial charge on any atom is -0.480 e. The van der Waals surface area contributed by atoms with Crippen molar-refractivity contribution in [2.75, 3.05) is 5.75 Å². The molecule has 0 spiro atoms. The van der Waals surface area contributed by atoms with Crippen LogP contribution in [0.3, 0.4) is 0 Å². The fourth-order valence-electron chi connectivity index (χ4n) is 3.13. The van der Waals surface area contributed by atoms with Crippen LogP contribution in [0.4, 0.5) is 4.39 Å². The molecule has 0 aliphatic carbocycles. The molecular weight excluding hydrogens is 423 g/mol. The summed E-state index contributed by atoms with van der Waals surface area (Å²) in [6.07, 6.45) is 1.88. The lowest BCUT2D eigenvalue weighted by Gasteiger charge is -2.14. The van der Waals surface area contributed by atoms with Crippen LogP contribution in [0.1, 0.15) is 5.56 Å². The number of para-hydroxylation sites is 1. The quantitative estimate of drug-likeness (QED) is 0.359. The molecule has 0 aliphatic heterocycles. The van der Waals surface area contributed by atoms with Crippen LogP contribution < -0.4 is 5.32 Å². The zero-order chi connectivity index (χ0) is 21.8. The van der Waals surface area contributed by atoms with E-state index >= 15 is 0 Å². The van der Waals surface area contributed by atoms with E-state index in [1.54, 1.807) is 12.3 Å². The number of benzene rings is 2. The fourth-order valence-corrected chi connectivity index (χ4v) is 3.83.